The summed E-state index contributed by atoms with van der Waals surface area (Å²) >= 11 is 0. The van der Waals surface area contributed by atoms with Crippen LogP contribution in [0.3, 0.4) is 0 Å². The second-order valence-corrected chi connectivity index (χ2v) is 4.46. The van der Waals surface area contributed by atoms with E-state index in [0.29, 0.717) is 6.61 Å². The topological polar surface area (TPSA) is 18.5 Å². The van der Waals surface area contributed by atoms with Crippen LogP contribution >= 0.6 is 0 Å². The normalized spacial score (nSPS) is 11.3. The van der Waals surface area contributed by atoms with Crippen LogP contribution < -0.4 is 9.47 Å². The fourth-order valence-corrected chi connectivity index (χ4v) is 1.29. The van der Waals surface area contributed by atoms with Crippen molar-refractivity contribution in [1.82, 2.24) is 0 Å². The first-order valence-corrected chi connectivity index (χ1v) is 5.19. The van der Waals surface area contributed by atoms with Gasteiger partial charge in [-0.3, -0.25) is 0 Å². The lowest BCUT2D eigenvalue weighted by Gasteiger charge is -2.22. The SMILES string of the molecule is [CH2]c1cc(OCC)cc(OC(C)(C)C)c1. The molecule has 1 aromatic rings. The van der Waals surface area contributed by atoms with E-state index >= 15 is 0 Å². The zero-order valence-electron chi connectivity index (χ0n) is 9.96. The van der Waals surface area contributed by atoms with Crippen molar-refractivity contribution in [2.45, 2.75) is 33.3 Å². The Morgan fingerprint density at radius 2 is 1.73 bits per heavy atom. The van der Waals surface area contributed by atoms with Crippen LogP contribution in [0.5, 0.6) is 11.5 Å². The van der Waals surface area contributed by atoms with Crippen molar-refractivity contribution in [1.29, 1.82) is 0 Å². The number of hydrogen-bond acceptors (Lipinski definition) is 2. The lowest BCUT2D eigenvalue weighted by Crippen LogP contribution is -2.22. The van der Waals surface area contributed by atoms with Crippen molar-refractivity contribution < 1.29 is 9.47 Å². The van der Waals surface area contributed by atoms with Crippen molar-refractivity contribution in [2.24, 2.45) is 0 Å². The van der Waals surface area contributed by atoms with Gasteiger partial charge in [-0.25, -0.2) is 0 Å². The highest BCUT2D eigenvalue weighted by atomic mass is 16.5. The minimum absolute atomic E-state index is 0.197. The summed E-state index contributed by atoms with van der Waals surface area (Å²) in [5.41, 5.74) is 0.706. The fraction of sp³-hybridized carbons (Fsp3) is 0.462. The number of rotatable bonds is 3. The van der Waals surface area contributed by atoms with Gasteiger partial charge in [-0.05, 0) is 52.3 Å². The summed E-state index contributed by atoms with van der Waals surface area (Å²) in [5.74, 6) is 1.61. The number of benzene rings is 1. The first-order valence-electron chi connectivity index (χ1n) is 5.19. The van der Waals surface area contributed by atoms with Crippen LogP contribution in [0.1, 0.15) is 33.3 Å². The van der Waals surface area contributed by atoms with Crippen molar-refractivity contribution >= 4 is 0 Å². The zero-order chi connectivity index (χ0) is 11.5. The molecule has 2 heteroatoms. The van der Waals surface area contributed by atoms with E-state index in [9.17, 15) is 0 Å². The molecule has 83 valence electrons. The van der Waals surface area contributed by atoms with Crippen LogP contribution in [-0.4, -0.2) is 12.2 Å². The van der Waals surface area contributed by atoms with E-state index in [4.69, 9.17) is 9.47 Å². The van der Waals surface area contributed by atoms with Gasteiger partial charge < -0.3 is 9.47 Å². The molecule has 1 radical (unpaired) electrons. The summed E-state index contributed by atoms with van der Waals surface area (Å²) in [5, 5.41) is 0. The Morgan fingerprint density at radius 3 is 2.27 bits per heavy atom. The van der Waals surface area contributed by atoms with Gasteiger partial charge in [0, 0.05) is 6.07 Å². The van der Waals surface area contributed by atoms with E-state index in [-0.39, 0.29) is 5.60 Å². The fourth-order valence-electron chi connectivity index (χ4n) is 1.29. The van der Waals surface area contributed by atoms with Gasteiger partial charge in [-0.1, -0.05) is 0 Å². The molecule has 0 N–H and O–H groups in total. The van der Waals surface area contributed by atoms with Gasteiger partial charge in [0.1, 0.15) is 17.1 Å². The molecule has 0 saturated carbocycles. The Balaban J connectivity index is 2.88. The number of ether oxygens (including phenoxy) is 2. The molecule has 1 rings (SSSR count). The molecule has 0 amide bonds. The molecule has 0 aromatic heterocycles. The average Bonchev–Trinajstić information content (AvgIpc) is 1.99. The van der Waals surface area contributed by atoms with Crippen molar-refractivity contribution in [2.75, 3.05) is 6.61 Å². The van der Waals surface area contributed by atoms with Gasteiger partial charge >= 0.3 is 0 Å². The maximum absolute atomic E-state index is 5.75. The Morgan fingerprint density at radius 1 is 1.13 bits per heavy atom. The van der Waals surface area contributed by atoms with Crippen molar-refractivity contribution in [3.8, 4) is 11.5 Å². The van der Waals surface area contributed by atoms with E-state index in [2.05, 4.69) is 6.92 Å². The minimum atomic E-state index is -0.197. The molecule has 0 aliphatic rings. The van der Waals surface area contributed by atoms with E-state index in [1.165, 1.54) is 0 Å². The van der Waals surface area contributed by atoms with Gasteiger partial charge in [0.2, 0.25) is 0 Å². The van der Waals surface area contributed by atoms with Gasteiger partial charge in [-0.2, -0.15) is 0 Å². The van der Waals surface area contributed by atoms with Gasteiger partial charge in [0.25, 0.3) is 0 Å². The standard InChI is InChI=1S/C13H19O2/c1-6-14-11-7-10(2)8-12(9-11)15-13(3,4)5/h7-9H,2,6H2,1,3-5H3. The second-order valence-electron chi connectivity index (χ2n) is 4.46. The third-order valence-corrected chi connectivity index (χ3v) is 1.67. The molecule has 0 atom stereocenters. The lowest BCUT2D eigenvalue weighted by atomic mass is 10.1. The van der Waals surface area contributed by atoms with E-state index in [1.54, 1.807) is 0 Å². The first-order chi connectivity index (χ1) is 6.90. The quantitative estimate of drug-likeness (QED) is 0.755. The van der Waals surface area contributed by atoms with Crippen LogP contribution in [0.2, 0.25) is 0 Å². The first kappa shape index (κ1) is 11.9. The van der Waals surface area contributed by atoms with Crippen LogP contribution in [0.15, 0.2) is 18.2 Å². The molecule has 0 spiro atoms. The third kappa shape index (κ3) is 4.24. The molecular formula is C13H19O2. The molecular weight excluding hydrogens is 188 g/mol. The molecule has 0 bridgehead atoms. The van der Waals surface area contributed by atoms with E-state index in [0.717, 1.165) is 17.1 Å². The summed E-state index contributed by atoms with van der Waals surface area (Å²) < 4.78 is 11.2. The van der Waals surface area contributed by atoms with E-state index in [1.807, 2.05) is 45.9 Å². The van der Waals surface area contributed by atoms with Crippen LogP contribution in [0.25, 0.3) is 0 Å². The van der Waals surface area contributed by atoms with Gasteiger partial charge in [-0.15, -0.1) is 0 Å². The number of hydrogen-bond donors (Lipinski definition) is 0. The van der Waals surface area contributed by atoms with Crippen LogP contribution in [0, 0.1) is 6.92 Å². The Bertz CT molecular complexity index is 324. The molecule has 0 unspecified atom stereocenters. The second kappa shape index (κ2) is 4.56. The largest absolute Gasteiger partial charge is 0.494 e. The predicted molar refractivity (Wildman–Crippen MR) is 62.5 cm³/mol. The average molecular weight is 207 g/mol. The van der Waals surface area contributed by atoms with Gasteiger partial charge in [0.05, 0.1) is 6.61 Å². The summed E-state index contributed by atoms with van der Waals surface area (Å²) in [6.45, 7) is 12.6. The maximum Gasteiger partial charge on any atom is 0.124 e. The molecule has 0 aliphatic carbocycles. The minimum Gasteiger partial charge on any atom is -0.494 e. The zero-order valence-corrected chi connectivity index (χ0v) is 9.96. The maximum atomic E-state index is 5.75. The lowest BCUT2D eigenvalue weighted by molar-refractivity contribution is 0.130. The summed E-state index contributed by atoms with van der Waals surface area (Å²) in [6.07, 6.45) is 0. The Kier molecular flexibility index (Phi) is 3.61. The predicted octanol–water partition coefficient (Wildman–Crippen LogP) is 3.44. The Hall–Kier alpha value is -1.18. The highest BCUT2D eigenvalue weighted by Crippen LogP contribution is 2.25. The smallest absolute Gasteiger partial charge is 0.124 e. The summed E-state index contributed by atoms with van der Waals surface area (Å²) in [6, 6.07) is 5.70. The van der Waals surface area contributed by atoms with E-state index < -0.39 is 0 Å². The molecule has 15 heavy (non-hydrogen) atoms. The van der Waals surface area contributed by atoms with Crippen LogP contribution in [-0.2, 0) is 0 Å². The molecule has 0 fully saturated rings. The highest BCUT2D eigenvalue weighted by Gasteiger charge is 2.12. The summed E-state index contributed by atoms with van der Waals surface area (Å²) in [7, 11) is 0. The van der Waals surface area contributed by atoms with Crippen molar-refractivity contribution in [3.05, 3.63) is 30.7 Å². The molecule has 0 saturated heterocycles. The molecule has 1 aromatic carbocycles. The Labute approximate surface area is 92.2 Å². The molecule has 2 nitrogen and oxygen atoms in total. The van der Waals surface area contributed by atoms with Crippen LogP contribution in [0.4, 0.5) is 0 Å². The summed E-state index contributed by atoms with van der Waals surface area (Å²) in [4.78, 5) is 0. The molecule has 0 aliphatic heterocycles. The monoisotopic (exact) mass is 207 g/mol. The van der Waals surface area contributed by atoms with Gasteiger partial charge in [0.15, 0.2) is 0 Å². The highest BCUT2D eigenvalue weighted by molar-refractivity contribution is 5.39. The van der Waals surface area contributed by atoms with Crippen molar-refractivity contribution in [3.63, 3.8) is 0 Å². The third-order valence-electron chi connectivity index (χ3n) is 1.67. The molecule has 0 heterocycles.